The van der Waals surface area contributed by atoms with E-state index in [4.69, 9.17) is 9.47 Å². The van der Waals surface area contributed by atoms with Crippen LogP contribution in [0.1, 0.15) is 51.9 Å². The van der Waals surface area contributed by atoms with Crippen LogP contribution in [0.3, 0.4) is 0 Å². The van der Waals surface area contributed by atoms with Gasteiger partial charge in [-0.25, -0.2) is 0 Å². The van der Waals surface area contributed by atoms with Gasteiger partial charge in [-0.05, 0) is 33.7 Å². The second-order valence-corrected chi connectivity index (χ2v) is 5.70. The Morgan fingerprint density at radius 2 is 2.30 bits per heavy atom. The predicted molar refractivity (Wildman–Crippen MR) is 79.1 cm³/mol. The van der Waals surface area contributed by atoms with Crippen LogP contribution < -0.4 is 10.1 Å². The van der Waals surface area contributed by atoms with Crippen molar-refractivity contribution in [3.8, 4) is 5.75 Å². The number of hydrogen-bond acceptors (Lipinski definition) is 4. The number of nitrogens with zero attached hydrogens (tertiary/aromatic N) is 2. The van der Waals surface area contributed by atoms with Gasteiger partial charge in [0.1, 0.15) is 0 Å². The molecular weight excluding hydrogens is 254 g/mol. The average molecular weight is 281 g/mol. The minimum absolute atomic E-state index is 0.220. The predicted octanol–water partition coefficient (Wildman–Crippen LogP) is 2.55. The van der Waals surface area contributed by atoms with Crippen LogP contribution >= 0.6 is 0 Å². The van der Waals surface area contributed by atoms with Crippen molar-refractivity contribution >= 4 is 0 Å². The van der Waals surface area contributed by atoms with Crippen molar-refractivity contribution in [1.29, 1.82) is 0 Å². The Hall–Kier alpha value is -1.07. The second kappa shape index (κ2) is 6.59. The fourth-order valence-corrected chi connectivity index (χ4v) is 3.08. The summed E-state index contributed by atoms with van der Waals surface area (Å²) in [6.07, 6.45) is 3.16. The molecule has 2 rings (SSSR count). The van der Waals surface area contributed by atoms with Crippen molar-refractivity contribution in [3.05, 3.63) is 11.9 Å². The number of nitrogens with one attached hydrogen (secondary N) is 1. The van der Waals surface area contributed by atoms with Gasteiger partial charge in [0.15, 0.2) is 5.75 Å². The second-order valence-electron chi connectivity index (χ2n) is 5.70. The topological polar surface area (TPSA) is 48.3 Å². The molecule has 1 aliphatic heterocycles. The van der Waals surface area contributed by atoms with E-state index in [2.05, 4.69) is 42.8 Å². The molecule has 1 saturated heterocycles. The summed E-state index contributed by atoms with van der Waals surface area (Å²) in [6, 6.07) is 0.532. The SMILES string of the molecule is CCNC(c1c(OC)cnn1C(C)C)C1CCOC1C. The van der Waals surface area contributed by atoms with Crippen molar-refractivity contribution in [3.63, 3.8) is 0 Å². The maximum absolute atomic E-state index is 5.75. The van der Waals surface area contributed by atoms with Crippen LogP contribution in [0.4, 0.5) is 0 Å². The Kier molecular flexibility index (Phi) is 5.05. The lowest BCUT2D eigenvalue weighted by atomic mass is 9.90. The molecule has 0 spiro atoms. The average Bonchev–Trinajstić information content (AvgIpc) is 3.02. The van der Waals surface area contributed by atoms with E-state index in [0.717, 1.165) is 31.0 Å². The minimum atomic E-state index is 0.220. The van der Waals surface area contributed by atoms with Crippen molar-refractivity contribution < 1.29 is 9.47 Å². The van der Waals surface area contributed by atoms with E-state index in [9.17, 15) is 0 Å². The lowest BCUT2D eigenvalue weighted by Crippen LogP contribution is -2.34. The van der Waals surface area contributed by atoms with E-state index in [1.54, 1.807) is 7.11 Å². The first-order valence-electron chi connectivity index (χ1n) is 7.56. The molecule has 1 N–H and O–H groups in total. The molecule has 0 radical (unpaired) electrons. The van der Waals surface area contributed by atoms with Gasteiger partial charge in [-0.3, -0.25) is 4.68 Å². The highest BCUT2D eigenvalue weighted by molar-refractivity contribution is 5.30. The molecule has 3 unspecified atom stereocenters. The molecule has 1 aromatic heterocycles. The van der Waals surface area contributed by atoms with E-state index < -0.39 is 0 Å². The molecule has 1 aliphatic rings. The quantitative estimate of drug-likeness (QED) is 0.870. The summed E-state index contributed by atoms with van der Waals surface area (Å²) in [5.74, 6) is 1.32. The van der Waals surface area contributed by atoms with E-state index in [0.29, 0.717) is 12.0 Å². The summed E-state index contributed by atoms with van der Waals surface area (Å²) in [4.78, 5) is 0. The first kappa shape index (κ1) is 15.3. The monoisotopic (exact) mass is 281 g/mol. The Balaban J connectivity index is 2.39. The molecule has 0 amide bonds. The fraction of sp³-hybridized carbons (Fsp3) is 0.800. The number of rotatable bonds is 6. The van der Waals surface area contributed by atoms with Gasteiger partial charge in [0, 0.05) is 18.6 Å². The zero-order valence-corrected chi connectivity index (χ0v) is 13.2. The van der Waals surface area contributed by atoms with E-state index in [1.807, 2.05) is 6.20 Å². The summed E-state index contributed by atoms with van der Waals surface area (Å²) in [6.45, 7) is 10.3. The molecule has 3 atom stereocenters. The molecule has 5 heteroatoms. The minimum Gasteiger partial charge on any atom is -0.493 e. The molecule has 0 aromatic carbocycles. The smallest absolute Gasteiger partial charge is 0.161 e. The Morgan fingerprint density at radius 3 is 2.80 bits per heavy atom. The van der Waals surface area contributed by atoms with Crippen LogP contribution in [0.15, 0.2) is 6.20 Å². The van der Waals surface area contributed by atoms with Crippen molar-refractivity contribution in [2.45, 2.75) is 52.3 Å². The zero-order valence-electron chi connectivity index (χ0n) is 13.2. The zero-order chi connectivity index (χ0) is 14.7. The summed E-state index contributed by atoms with van der Waals surface area (Å²) >= 11 is 0. The lowest BCUT2D eigenvalue weighted by Gasteiger charge is -2.28. The van der Waals surface area contributed by atoms with Crippen LogP contribution in [-0.2, 0) is 4.74 Å². The molecule has 5 nitrogen and oxygen atoms in total. The normalized spacial score (nSPS) is 24.3. The Bertz CT molecular complexity index is 431. The molecule has 1 fully saturated rings. The maximum Gasteiger partial charge on any atom is 0.161 e. The van der Waals surface area contributed by atoms with Gasteiger partial charge in [-0.2, -0.15) is 5.10 Å². The highest BCUT2D eigenvalue weighted by atomic mass is 16.5. The van der Waals surface area contributed by atoms with Gasteiger partial charge in [0.25, 0.3) is 0 Å². The summed E-state index contributed by atoms with van der Waals surface area (Å²) in [5.41, 5.74) is 1.15. The molecule has 20 heavy (non-hydrogen) atoms. The van der Waals surface area contributed by atoms with Crippen LogP contribution in [0, 0.1) is 5.92 Å². The van der Waals surface area contributed by atoms with Crippen molar-refractivity contribution in [1.82, 2.24) is 15.1 Å². The van der Waals surface area contributed by atoms with E-state index in [1.165, 1.54) is 0 Å². The van der Waals surface area contributed by atoms with Gasteiger partial charge >= 0.3 is 0 Å². The highest BCUT2D eigenvalue weighted by Gasteiger charge is 2.36. The fourth-order valence-electron chi connectivity index (χ4n) is 3.08. The largest absolute Gasteiger partial charge is 0.493 e. The lowest BCUT2D eigenvalue weighted by molar-refractivity contribution is 0.0939. The number of methoxy groups -OCH3 is 1. The third kappa shape index (κ3) is 2.83. The third-order valence-electron chi connectivity index (χ3n) is 4.09. The first-order valence-corrected chi connectivity index (χ1v) is 7.56. The molecule has 0 bridgehead atoms. The van der Waals surface area contributed by atoms with Crippen molar-refractivity contribution in [2.24, 2.45) is 5.92 Å². The summed E-state index contributed by atoms with van der Waals surface area (Å²) < 4.78 is 13.4. The summed E-state index contributed by atoms with van der Waals surface area (Å²) in [5, 5.41) is 8.10. The van der Waals surface area contributed by atoms with Gasteiger partial charge in [-0.15, -0.1) is 0 Å². The molecule has 1 aromatic rings. The number of ether oxygens (including phenoxy) is 2. The molecule has 0 aliphatic carbocycles. The van der Waals surface area contributed by atoms with Crippen molar-refractivity contribution in [2.75, 3.05) is 20.3 Å². The van der Waals surface area contributed by atoms with E-state index >= 15 is 0 Å². The van der Waals surface area contributed by atoms with Crippen LogP contribution in [-0.4, -0.2) is 36.1 Å². The summed E-state index contributed by atoms with van der Waals surface area (Å²) in [7, 11) is 1.71. The standard InChI is InChI=1S/C15H27N3O2/c1-6-16-14(12-7-8-20-11(12)4)15-13(19-5)9-17-18(15)10(2)3/h9-12,14,16H,6-8H2,1-5H3. The van der Waals surface area contributed by atoms with E-state index in [-0.39, 0.29) is 12.1 Å². The third-order valence-corrected chi connectivity index (χ3v) is 4.09. The molecule has 0 saturated carbocycles. The number of aromatic nitrogens is 2. The van der Waals surface area contributed by atoms with Gasteiger partial charge in [0.2, 0.25) is 0 Å². The first-order chi connectivity index (χ1) is 9.60. The molecular formula is C15H27N3O2. The van der Waals surface area contributed by atoms with Crippen LogP contribution in [0.2, 0.25) is 0 Å². The van der Waals surface area contributed by atoms with Gasteiger partial charge in [0.05, 0.1) is 31.1 Å². The Labute approximate surface area is 121 Å². The maximum atomic E-state index is 5.75. The Morgan fingerprint density at radius 1 is 1.55 bits per heavy atom. The van der Waals surface area contributed by atoms with Crippen LogP contribution in [0.25, 0.3) is 0 Å². The van der Waals surface area contributed by atoms with Gasteiger partial charge in [-0.1, -0.05) is 6.92 Å². The van der Waals surface area contributed by atoms with Gasteiger partial charge < -0.3 is 14.8 Å². The number of hydrogen-bond donors (Lipinski definition) is 1. The van der Waals surface area contributed by atoms with Crippen LogP contribution in [0.5, 0.6) is 5.75 Å². The molecule has 2 heterocycles. The highest BCUT2D eigenvalue weighted by Crippen LogP contribution is 2.38. The molecule has 114 valence electrons.